The van der Waals surface area contributed by atoms with Crippen molar-refractivity contribution in [1.29, 1.82) is 0 Å². The van der Waals surface area contributed by atoms with Crippen molar-refractivity contribution in [1.82, 2.24) is 0 Å². The third-order valence-electron chi connectivity index (χ3n) is 5.47. The van der Waals surface area contributed by atoms with Gasteiger partial charge in [0.2, 0.25) is 0 Å². The summed E-state index contributed by atoms with van der Waals surface area (Å²) < 4.78 is 139. The highest BCUT2D eigenvalue weighted by Crippen LogP contribution is 2.39. The lowest BCUT2D eigenvalue weighted by molar-refractivity contribution is -0.275. The molecular weight excluding hydrogens is 594 g/mol. The van der Waals surface area contributed by atoms with Gasteiger partial charge in [-0.25, -0.2) is 0 Å². The molecule has 1 heterocycles. The molecule has 0 fully saturated rings. The van der Waals surface area contributed by atoms with Crippen molar-refractivity contribution < 1.29 is 62.9 Å². The summed E-state index contributed by atoms with van der Waals surface area (Å²) in [6.45, 7) is 0. The molecule has 6 nitrogen and oxygen atoms in total. The Morgan fingerprint density at radius 1 is 0.714 bits per heavy atom. The van der Waals surface area contributed by atoms with Gasteiger partial charge in [0.1, 0.15) is 22.9 Å². The number of nitrogens with zero attached hydrogens (tertiary/aromatic N) is 1. The zero-order valence-electron chi connectivity index (χ0n) is 20.5. The van der Waals surface area contributed by atoms with Crippen LogP contribution in [0.3, 0.4) is 0 Å². The van der Waals surface area contributed by atoms with Crippen LogP contribution < -0.4 is 24.4 Å². The van der Waals surface area contributed by atoms with Crippen LogP contribution in [-0.2, 0) is 4.79 Å². The molecule has 0 radical (unpaired) electrons. The van der Waals surface area contributed by atoms with Gasteiger partial charge < -0.3 is 19.5 Å². The Balaban J connectivity index is 1.67. The van der Waals surface area contributed by atoms with Crippen molar-refractivity contribution in [3.63, 3.8) is 0 Å². The van der Waals surface area contributed by atoms with E-state index in [-0.39, 0.29) is 22.6 Å². The minimum atomic E-state index is -4.99. The third-order valence-corrected chi connectivity index (χ3v) is 5.47. The Morgan fingerprint density at radius 2 is 1.26 bits per heavy atom. The molecule has 4 rings (SSSR count). The van der Waals surface area contributed by atoms with Crippen molar-refractivity contribution in [3.8, 4) is 17.2 Å². The average Bonchev–Trinajstić information content (AvgIpc) is 3.19. The molecule has 1 unspecified atom stereocenters. The normalized spacial score (nSPS) is 16.0. The number of alkyl halides is 10. The monoisotopic (exact) mass is 610 g/mol. The van der Waals surface area contributed by atoms with Crippen LogP contribution in [0.5, 0.6) is 17.2 Å². The zero-order valence-corrected chi connectivity index (χ0v) is 20.5. The van der Waals surface area contributed by atoms with Crippen LogP contribution >= 0.6 is 0 Å². The number of amides is 1. The van der Waals surface area contributed by atoms with Gasteiger partial charge in [0.15, 0.2) is 0 Å². The number of hydrogen-bond donors (Lipinski definition) is 1. The van der Waals surface area contributed by atoms with E-state index in [1.165, 1.54) is 18.2 Å². The van der Waals surface area contributed by atoms with E-state index in [1.54, 1.807) is 0 Å². The van der Waals surface area contributed by atoms with E-state index in [1.807, 2.05) is 0 Å². The van der Waals surface area contributed by atoms with E-state index in [2.05, 4.69) is 19.5 Å². The standard InChI is InChI=1S/C26H16F10N2O4/c27-23(28)24(29,30)40-19-3-1-2-14(12-19)21-13-20(37-15-4-8-17(9-5-15)41-25(31,32)33)22(39)38(21)16-6-10-18(11-7-16)42-26(34,35)36/h1-13,21,23,37H. The fraction of sp³-hybridized carbons (Fsp3) is 0.192. The molecular formula is C26H16F10N2O4. The predicted octanol–water partition coefficient (Wildman–Crippen LogP) is 7.80. The van der Waals surface area contributed by atoms with E-state index in [9.17, 15) is 48.7 Å². The van der Waals surface area contributed by atoms with Crippen molar-refractivity contribution in [3.05, 3.63) is 90.1 Å². The van der Waals surface area contributed by atoms with Gasteiger partial charge in [0.25, 0.3) is 5.91 Å². The maximum atomic E-state index is 13.5. The number of benzene rings is 3. The van der Waals surface area contributed by atoms with Gasteiger partial charge in [0.05, 0.1) is 6.04 Å². The summed E-state index contributed by atoms with van der Waals surface area (Å²) in [5.41, 5.74) is 0.0645. The highest BCUT2D eigenvalue weighted by Gasteiger charge is 2.44. The lowest BCUT2D eigenvalue weighted by Crippen LogP contribution is -2.33. The molecule has 1 aliphatic rings. The number of carbonyl (C=O) groups excluding carboxylic acids is 1. The van der Waals surface area contributed by atoms with E-state index < -0.39 is 54.5 Å². The number of hydrogen-bond acceptors (Lipinski definition) is 5. The second-order valence-corrected chi connectivity index (χ2v) is 8.48. The van der Waals surface area contributed by atoms with E-state index >= 15 is 0 Å². The van der Waals surface area contributed by atoms with Crippen molar-refractivity contribution in [2.45, 2.75) is 31.3 Å². The Labute approximate surface area is 229 Å². The Bertz CT molecular complexity index is 1440. The van der Waals surface area contributed by atoms with Crippen molar-refractivity contribution >= 4 is 17.3 Å². The Kier molecular flexibility index (Phi) is 8.18. The molecule has 0 spiro atoms. The fourth-order valence-corrected chi connectivity index (χ4v) is 3.85. The van der Waals surface area contributed by atoms with Gasteiger partial charge in [-0.2, -0.15) is 17.6 Å². The predicted molar refractivity (Wildman–Crippen MR) is 126 cm³/mol. The molecule has 1 aliphatic heterocycles. The number of carbonyl (C=O) groups is 1. The zero-order chi connectivity index (χ0) is 30.9. The highest BCUT2D eigenvalue weighted by molar-refractivity contribution is 6.11. The Morgan fingerprint density at radius 3 is 1.79 bits per heavy atom. The first-order valence-electron chi connectivity index (χ1n) is 11.5. The number of halogens is 10. The fourth-order valence-electron chi connectivity index (χ4n) is 3.85. The van der Waals surface area contributed by atoms with Crippen LogP contribution in [0.1, 0.15) is 11.6 Å². The molecule has 16 heteroatoms. The van der Waals surface area contributed by atoms with Crippen LogP contribution in [0.15, 0.2) is 84.6 Å². The lowest BCUT2D eigenvalue weighted by atomic mass is 10.1. The number of rotatable bonds is 9. The molecule has 0 saturated heterocycles. The summed E-state index contributed by atoms with van der Waals surface area (Å²) >= 11 is 0. The molecule has 0 aromatic heterocycles. The molecule has 1 atom stereocenters. The number of anilines is 2. The van der Waals surface area contributed by atoms with Crippen molar-refractivity contribution in [2.24, 2.45) is 0 Å². The van der Waals surface area contributed by atoms with Crippen LogP contribution in [0.4, 0.5) is 55.3 Å². The largest absolute Gasteiger partial charge is 0.573 e. The molecule has 224 valence electrons. The number of ether oxygens (including phenoxy) is 3. The second-order valence-electron chi connectivity index (χ2n) is 8.48. The second kappa shape index (κ2) is 11.3. The lowest BCUT2D eigenvalue weighted by Gasteiger charge is -2.26. The smallest absolute Gasteiger partial charge is 0.428 e. The molecule has 3 aromatic carbocycles. The topological polar surface area (TPSA) is 60.0 Å². The van der Waals surface area contributed by atoms with E-state index in [4.69, 9.17) is 0 Å². The molecule has 1 N–H and O–H groups in total. The first-order chi connectivity index (χ1) is 19.5. The van der Waals surface area contributed by atoms with Gasteiger partial charge in [0, 0.05) is 11.4 Å². The molecule has 0 saturated carbocycles. The minimum absolute atomic E-state index is 0.0192. The first kappa shape index (κ1) is 30.3. The first-order valence-corrected chi connectivity index (χ1v) is 11.5. The third kappa shape index (κ3) is 7.55. The summed E-state index contributed by atoms with van der Waals surface area (Å²) in [7, 11) is 0. The summed E-state index contributed by atoms with van der Waals surface area (Å²) in [6, 6.07) is 11.6. The van der Waals surface area contributed by atoms with Gasteiger partial charge in [-0.3, -0.25) is 9.69 Å². The SMILES string of the molecule is O=C1C(Nc2ccc(OC(F)(F)F)cc2)=CC(c2cccc(OC(F)(F)C(F)F)c2)N1c1ccc(OC(F)(F)F)cc1. The molecule has 0 bridgehead atoms. The van der Waals surface area contributed by atoms with Crippen LogP contribution in [-0.4, -0.2) is 31.2 Å². The maximum absolute atomic E-state index is 13.5. The molecule has 42 heavy (non-hydrogen) atoms. The van der Waals surface area contributed by atoms with E-state index in [0.29, 0.717) is 0 Å². The molecule has 3 aromatic rings. The number of nitrogens with one attached hydrogen (secondary N) is 1. The minimum Gasteiger partial charge on any atom is -0.428 e. The van der Waals surface area contributed by atoms with E-state index in [0.717, 1.165) is 65.6 Å². The summed E-state index contributed by atoms with van der Waals surface area (Å²) in [4.78, 5) is 14.5. The van der Waals surface area contributed by atoms with Gasteiger partial charge in [-0.05, 0) is 72.3 Å². The highest BCUT2D eigenvalue weighted by atomic mass is 19.4. The van der Waals surface area contributed by atoms with Crippen LogP contribution in [0.25, 0.3) is 0 Å². The van der Waals surface area contributed by atoms with Gasteiger partial charge >= 0.3 is 25.3 Å². The summed E-state index contributed by atoms with van der Waals surface area (Å²) in [5.74, 6) is -2.61. The molecule has 1 amide bonds. The Hall–Kier alpha value is -4.63. The average molecular weight is 610 g/mol. The quantitative estimate of drug-likeness (QED) is 0.251. The summed E-state index contributed by atoms with van der Waals surface area (Å²) in [6.07, 6.45) is -17.6. The van der Waals surface area contributed by atoms with Gasteiger partial charge in [-0.1, -0.05) is 12.1 Å². The maximum Gasteiger partial charge on any atom is 0.573 e. The summed E-state index contributed by atoms with van der Waals surface area (Å²) in [5, 5.41) is 2.70. The van der Waals surface area contributed by atoms with Crippen LogP contribution in [0.2, 0.25) is 0 Å². The van der Waals surface area contributed by atoms with Crippen molar-refractivity contribution in [2.75, 3.05) is 10.2 Å². The molecule has 0 aliphatic carbocycles. The van der Waals surface area contributed by atoms with Gasteiger partial charge in [-0.15, -0.1) is 26.3 Å². The van der Waals surface area contributed by atoms with Crippen LogP contribution in [0, 0.1) is 0 Å².